The molecule has 8 atom stereocenters. The average Bonchev–Trinajstić information content (AvgIpc) is 3.83. The number of aliphatic hydroxyl groups excluding tert-OH is 2. The molecule has 0 spiro atoms. The van der Waals surface area contributed by atoms with E-state index in [0.29, 0.717) is 47.3 Å². The number of thioether (sulfide) groups is 2. The Morgan fingerprint density at radius 1 is 1.08 bits per heavy atom. The van der Waals surface area contributed by atoms with Crippen molar-refractivity contribution in [3.05, 3.63) is 12.7 Å². The van der Waals surface area contributed by atoms with Gasteiger partial charge in [0.2, 0.25) is 11.8 Å². The lowest BCUT2D eigenvalue weighted by atomic mass is 10.0. The number of anilines is 1. The van der Waals surface area contributed by atoms with Crippen molar-refractivity contribution in [1.29, 1.82) is 0 Å². The number of unbranched alkanes of at least 4 members (excludes halogenated alkanes) is 3. The van der Waals surface area contributed by atoms with Gasteiger partial charge < -0.3 is 47.1 Å². The fourth-order valence-corrected chi connectivity index (χ4v) is 8.77. The highest BCUT2D eigenvalue weighted by atomic mass is 32.2. The summed E-state index contributed by atoms with van der Waals surface area (Å²) in [6.07, 6.45) is 4.36. The van der Waals surface area contributed by atoms with Gasteiger partial charge in [-0.3, -0.25) is 19.0 Å². The lowest BCUT2D eigenvalue weighted by Crippen LogP contribution is -2.36. The standard InChI is InChI=1S/C30H45N9O8S2/c31-16(29(44)45)9-11-48-13-18-24(42)25(43)28(47-18)39-15-35-23-26(33-14-34-27(23)39)37-21(41)8-2-1-5-10-32-20(40)7-4-3-6-19-22-17(12-49-19)36-30(46)38-22/h14-19,22,24-25,28,42-43H,1-13,31H2,(H,32,40)(H,44,45)(H2,36,38,46)(H,33,34,37,41)/t16-,17-,18+,19?,22-,24+,25+,28?/m0/s1. The second-order valence-corrected chi connectivity index (χ2v) is 14.9. The first-order valence-corrected chi connectivity index (χ1v) is 18.8. The Kier molecular flexibility index (Phi) is 13.3. The summed E-state index contributed by atoms with van der Waals surface area (Å²) in [4.78, 5) is 60.1. The quantitative estimate of drug-likeness (QED) is 0.0718. The van der Waals surface area contributed by atoms with Gasteiger partial charge >= 0.3 is 12.0 Å². The summed E-state index contributed by atoms with van der Waals surface area (Å²) in [5.41, 5.74) is 6.14. The number of aliphatic hydroxyl groups is 2. The SMILES string of the molecule is N[C@@H](CCSC[C@H]1OC(n2cnc3c(NC(=O)CCCCCNC(=O)CCCCC4SC[C@@H]5NC(=O)N[C@H]45)ncnc32)[C@H](O)[C@@H]1O)C(=O)O. The number of aliphatic carboxylic acids is 1. The number of fused-ring (bicyclic) bond motifs is 2. The topological polar surface area (TPSA) is 256 Å². The van der Waals surface area contributed by atoms with E-state index in [1.807, 2.05) is 11.8 Å². The summed E-state index contributed by atoms with van der Waals surface area (Å²) < 4.78 is 7.42. The van der Waals surface area contributed by atoms with Gasteiger partial charge in [0.15, 0.2) is 23.2 Å². The fourth-order valence-electron chi connectivity index (χ4n) is 6.13. The molecule has 3 aliphatic rings. The van der Waals surface area contributed by atoms with Gasteiger partial charge in [0.1, 0.15) is 24.6 Å². The Hall–Kier alpha value is -3.23. The van der Waals surface area contributed by atoms with Crippen molar-refractivity contribution in [2.24, 2.45) is 5.73 Å². The van der Waals surface area contributed by atoms with Crippen LogP contribution in [0.2, 0.25) is 0 Å². The van der Waals surface area contributed by atoms with E-state index < -0.39 is 36.6 Å². The normalized spacial score (nSPS) is 26.7. The van der Waals surface area contributed by atoms with Crippen LogP contribution in [0.1, 0.15) is 64.0 Å². The van der Waals surface area contributed by atoms with Crippen molar-refractivity contribution < 1.29 is 39.2 Å². The smallest absolute Gasteiger partial charge is 0.320 e. The van der Waals surface area contributed by atoms with Crippen LogP contribution in [0.4, 0.5) is 10.6 Å². The van der Waals surface area contributed by atoms with Gasteiger partial charge in [0.05, 0.1) is 24.5 Å². The number of aromatic nitrogens is 4. The van der Waals surface area contributed by atoms with Gasteiger partial charge in [-0.1, -0.05) is 12.8 Å². The molecular weight excluding hydrogens is 679 g/mol. The van der Waals surface area contributed by atoms with Crippen molar-refractivity contribution in [3.8, 4) is 0 Å². The summed E-state index contributed by atoms with van der Waals surface area (Å²) in [5, 5.41) is 42.3. The maximum absolute atomic E-state index is 12.7. The van der Waals surface area contributed by atoms with E-state index in [0.717, 1.165) is 37.9 Å². The Morgan fingerprint density at radius 2 is 1.88 bits per heavy atom. The molecule has 0 bridgehead atoms. The van der Waals surface area contributed by atoms with Gasteiger partial charge in [-0.25, -0.2) is 19.7 Å². The molecule has 2 aromatic rings. The zero-order valence-corrected chi connectivity index (χ0v) is 28.7. The van der Waals surface area contributed by atoms with Gasteiger partial charge in [-0.15, -0.1) is 0 Å². The predicted octanol–water partition coefficient (Wildman–Crippen LogP) is 0.322. The molecule has 49 heavy (non-hydrogen) atoms. The lowest BCUT2D eigenvalue weighted by Gasteiger charge is -2.16. The average molecular weight is 724 g/mol. The summed E-state index contributed by atoms with van der Waals surface area (Å²) >= 11 is 3.25. The van der Waals surface area contributed by atoms with E-state index in [9.17, 15) is 29.4 Å². The molecule has 3 aliphatic heterocycles. The summed E-state index contributed by atoms with van der Waals surface area (Å²) in [7, 11) is 0. The molecule has 0 aliphatic carbocycles. The van der Waals surface area contributed by atoms with Crippen LogP contribution >= 0.6 is 23.5 Å². The number of rotatable bonds is 19. The first-order valence-electron chi connectivity index (χ1n) is 16.6. The molecular formula is C30H45N9O8S2. The van der Waals surface area contributed by atoms with Gasteiger partial charge in [-0.05, 0) is 37.9 Å². The number of nitrogens with two attached hydrogens (primary N) is 1. The van der Waals surface area contributed by atoms with Gasteiger partial charge in [0.25, 0.3) is 0 Å². The number of urea groups is 1. The molecule has 0 saturated carbocycles. The number of carboxylic acid groups (broad SMARTS) is 1. The van der Waals surface area contributed by atoms with E-state index in [1.54, 1.807) is 0 Å². The molecule has 17 nitrogen and oxygen atoms in total. The minimum atomic E-state index is -1.27. The zero-order valence-electron chi connectivity index (χ0n) is 27.0. The van der Waals surface area contributed by atoms with Crippen LogP contribution in [-0.4, -0.2) is 124 Å². The van der Waals surface area contributed by atoms with Crippen LogP contribution in [0.5, 0.6) is 0 Å². The number of nitrogens with one attached hydrogen (secondary N) is 4. The largest absolute Gasteiger partial charge is 0.480 e. The monoisotopic (exact) mass is 723 g/mol. The highest BCUT2D eigenvalue weighted by molar-refractivity contribution is 8.00. The van der Waals surface area contributed by atoms with E-state index in [-0.39, 0.29) is 48.6 Å². The highest BCUT2D eigenvalue weighted by Crippen LogP contribution is 2.34. The second-order valence-electron chi connectivity index (χ2n) is 12.5. The Labute approximate surface area is 291 Å². The van der Waals surface area contributed by atoms with Crippen LogP contribution in [0.15, 0.2) is 12.7 Å². The maximum Gasteiger partial charge on any atom is 0.320 e. The molecule has 0 radical (unpaired) electrons. The fraction of sp³-hybridized carbons (Fsp3) is 0.700. The zero-order chi connectivity index (χ0) is 34.9. The molecule has 4 amide bonds. The molecule has 270 valence electrons. The third-order valence-electron chi connectivity index (χ3n) is 8.88. The van der Waals surface area contributed by atoms with Crippen LogP contribution in [0, 0.1) is 0 Å². The van der Waals surface area contributed by atoms with Crippen LogP contribution < -0.4 is 27.0 Å². The molecule has 3 fully saturated rings. The van der Waals surface area contributed by atoms with Crippen LogP contribution in [0.25, 0.3) is 11.2 Å². The third kappa shape index (κ3) is 9.72. The number of ether oxygens (including phenoxy) is 1. The number of carbonyl (C=O) groups excluding carboxylic acids is 3. The van der Waals surface area contributed by atoms with E-state index >= 15 is 0 Å². The molecule has 2 aromatic heterocycles. The summed E-state index contributed by atoms with van der Waals surface area (Å²) in [6.45, 7) is 0.548. The molecule has 19 heteroatoms. The van der Waals surface area contributed by atoms with E-state index in [4.69, 9.17) is 15.6 Å². The minimum Gasteiger partial charge on any atom is -0.480 e. The first kappa shape index (κ1) is 37.0. The number of imidazole rings is 1. The Balaban J connectivity index is 0.970. The Bertz CT molecular complexity index is 1470. The van der Waals surface area contributed by atoms with Crippen molar-refractivity contribution in [2.45, 2.75) is 106 Å². The van der Waals surface area contributed by atoms with Gasteiger partial charge in [0, 0.05) is 36.1 Å². The van der Waals surface area contributed by atoms with Crippen molar-refractivity contribution in [2.75, 3.05) is 29.1 Å². The molecule has 5 heterocycles. The number of carboxylic acids is 1. The minimum absolute atomic E-state index is 0.0235. The van der Waals surface area contributed by atoms with Crippen molar-refractivity contribution in [1.82, 2.24) is 35.5 Å². The maximum atomic E-state index is 12.7. The molecule has 3 saturated heterocycles. The first-order chi connectivity index (χ1) is 23.6. The third-order valence-corrected chi connectivity index (χ3v) is 11.5. The molecule has 5 rings (SSSR count). The molecule has 0 aromatic carbocycles. The van der Waals surface area contributed by atoms with Crippen LogP contribution in [-0.2, 0) is 19.1 Å². The van der Waals surface area contributed by atoms with Crippen LogP contribution in [0.3, 0.4) is 0 Å². The Morgan fingerprint density at radius 3 is 2.69 bits per heavy atom. The lowest BCUT2D eigenvalue weighted by molar-refractivity contribution is -0.138. The highest BCUT2D eigenvalue weighted by Gasteiger charge is 2.44. The second kappa shape index (κ2) is 17.6. The number of hydrogen-bond donors (Lipinski definition) is 8. The number of carbonyl (C=O) groups is 4. The predicted molar refractivity (Wildman–Crippen MR) is 183 cm³/mol. The van der Waals surface area contributed by atoms with Crippen molar-refractivity contribution >= 4 is 64.3 Å². The number of nitrogens with zero attached hydrogens (tertiary/aromatic N) is 4. The summed E-state index contributed by atoms with van der Waals surface area (Å²) in [6, 6.07) is -0.650. The van der Waals surface area contributed by atoms with E-state index in [1.165, 1.54) is 29.0 Å². The molecule has 9 N–H and O–H groups in total. The number of amides is 4. The van der Waals surface area contributed by atoms with E-state index in [2.05, 4.69) is 36.2 Å². The summed E-state index contributed by atoms with van der Waals surface area (Å²) in [5.74, 6) is 0.615. The number of hydrogen-bond acceptors (Lipinski definition) is 13. The molecule has 2 unspecified atom stereocenters. The van der Waals surface area contributed by atoms with Crippen molar-refractivity contribution in [3.63, 3.8) is 0 Å². The van der Waals surface area contributed by atoms with Gasteiger partial charge in [-0.2, -0.15) is 23.5 Å².